The highest BCUT2D eigenvalue weighted by Gasteiger charge is 2.37. The van der Waals surface area contributed by atoms with Gasteiger partial charge in [0, 0.05) is 44.7 Å². The molecule has 0 N–H and O–H groups in total. The van der Waals surface area contributed by atoms with Gasteiger partial charge in [-0.05, 0) is 79.8 Å². The van der Waals surface area contributed by atoms with Crippen molar-refractivity contribution in [1.29, 1.82) is 0 Å². The molecule has 2 heterocycles. The summed E-state index contributed by atoms with van der Waals surface area (Å²) in [6, 6.07) is 95.8. The first-order valence-electron chi connectivity index (χ1n) is 25.4. The predicted molar refractivity (Wildman–Crippen MR) is 308 cm³/mol. The van der Waals surface area contributed by atoms with Gasteiger partial charge in [0.1, 0.15) is 0 Å². The van der Waals surface area contributed by atoms with Crippen LogP contribution in [-0.2, 0) is 0 Å². The molecule has 0 spiro atoms. The molecule has 10 aromatic carbocycles. The maximum absolute atomic E-state index is 5.43. The molecule has 0 radical (unpaired) electrons. The van der Waals surface area contributed by atoms with E-state index in [4.69, 9.17) is 15.0 Å². The Morgan fingerprint density at radius 2 is 0.635 bits per heavy atom. The van der Waals surface area contributed by atoms with Crippen LogP contribution in [0, 0.1) is 5.92 Å². The van der Waals surface area contributed by atoms with Crippen LogP contribution >= 0.6 is 0 Å². The molecule has 350 valence electrons. The van der Waals surface area contributed by atoms with E-state index in [1.165, 1.54) is 49.9 Å². The normalized spacial score (nSPS) is 14.6. The average molecular weight is 947 g/mol. The Balaban J connectivity index is 1.15. The van der Waals surface area contributed by atoms with Crippen LogP contribution in [0.3, 0.4) is 0 Å². The molecular formula is C70H50N4. The van der Waals surface area contributed by atoms with Crippen molar-refractivity contribution >= 4 is 38.6 Å². The van der Waals surface area contributed by atoms with Crippen molar-refractivity contribution in [2.45, 2.75) is 12.8 Å². The van der Waals surface area contributed by atoms with E-state index in [1.807, 2.05) is 36.4 Å². The number of aromatic nitrogens is 4. The summed E-state index contributed by atoms with van der Waals surface area (Å²) in [6.45, 7) is 2.36. The summed E-state index contributed by atoms with van der Waals surface area (Å²) in [5.41, 5.74) is 19.2. The third kappa shape index (κ3) is 8.32. The summed E-state index contributed by atoms with van der Waals surface area (Å²) in [5, 5.41) is 2.40. The van der Waals surface area contributed by atoms with Crippen LogP contribution in [0.5, 0.6) is 0 Å². The van der Waals surface area contributed by atoms with E-state index in [0.717, 1.165) is 55.6 Å². The first-order valence-corrected chi connectivity index (χ1v) is 25.4. The van der Waals surface area contributed by atoms with Gasteiger partial charge >= 0.3 is 0 Å². The molecule has 0 amide bonds. The average Bonchev–Trinajstić information content (AvgIpc) is 3.81. The van der Waals surface area contributed by atoms with Crippen LogP contribution in [0.15, 0.2) is 273 Å². The highest BCUT2D eigenvalue weighted by molar-refractivity contribution is 6.14. The van der Waals surface area contributed by atoms with Crippen molar-refractivity contribution in [3.8, 4) is 67.3 Å². The lowest BCUT2D eigenvalue weighted by molar-refractivity contribution is 0.646. The van der Waals surface area contributed by atoms with Crippen molar-refractivity contribution in [2.75, 3.05) is 0 Å². The van der Waals surface area contributed by atoms with Gasteiger partial charge in [0.05, 0.1) is 11.0 Å². The lowest BCUT2D eigenvalue weighted by Gasteiger charge is -2.36. The summed E-state index contributed by atoms with van der Waals surface area (Å²) in [4.78, 5) is 16.0. The van der Waals surface area contributed by atoms with Crippen LogP contribution in [0.25, 0.3) is 106 Å². The minimum absolute atomic E-state index is 0.114. The summed E-state index contributed by atoms with van der Waals surface area (Å²) in [7, 11) is 0. The van der Waals surface area contributed by atoms with Crippen LogP contribution < -0.4 is 0 Å². The number of allylic oxidation sites excluding steroid dienone is 4. The van der Waals surface area contributed by atoms with Crippen LogP contribution in [0.2, 0.25) is 0 Å². The number of fused-ring (bicyclic) bond motifs is 3. The smallest absolute Gasteiger partial charge is 0.164 e. The van der Waals surface area contributed by atoms with Gasteiger partial charge in [-0.25, -0.2) is 15.0 Å². The second-order valence-electron chi connectivity index (χ2n) is 19.2. The zero-order valence-electron chi connectivity index (χ0n) is 40.9. The zero-order valence-corrected chi connectivity index (χ0v) is 40.9. The molecule has 13 rings (SSSR count). The Morgan fingerprint density at radius 3 is 1.05 bits per heavy atom. The van der Waals surface area contributed by atoms with Crippen LogP contribution in [-0.4, -0.2) is 19.5 Å². The van der Waals surface area contributed by atoms with Gasteiger partial charge in [0.25, 0.3) is 0 Å². The number of hydrogen-bond acceptors (Lipinski definition) is 3. The molecule has 12 aromatic rings. The van der Waals surface area contributed by atoms with Crippen LogP contribution in [0.1, 0.15) is 29.8 Å². The Kier molecular flexibility index (Phi) is 11.6. The van der Waals surface area contributed by atoms with E-state index in [1.54, 1.807) is 0 Å². The first kappa shape index (κ1) is 44.4. The SMILES string of the molecule is CC1C(c2nc(-c3ccccc3)nc(-c3ccccc3)n2)=CC(c2ccc(-c3ccccc3)cc2)=C(n2c3cc(-c4ccccc4)ccc3c3ccc(-c4ccccc4)cc32)[C@H]1c1ccc(-c2ccccc2)cc1. The summed E-state index contributed by atoms with van der Waals surface area (Å²) >= 11 is 0. The highest BCUT2D eigenvalue weighted by Crippen LogP contribution is 2.52. The number of rotatable bonds is 10. The largest absolute Gasteiger partial charge is 0.312 e. The van der Waals surface area contributed by atoms with Gasteiger partial charge < -0.3 is 4.57 Å². The molecule has 1 aliphatic rings. The fourth-order valence-corrected chi connectivity index (χ4v) is 11.0. The molecule has 1 aliphatic carbocycles. The van der Waals surface area contributed by atoms with Crippen molar-refractivity contribution in [3.05, 3.63) is 290 Å². The zero-order chi connectivity index (χ0) is 49.4. The van der Waals surface area contributed by atoms with Gasteiger partial charge in [-0.15, -0.1) is 0 Å². The van der Waals surface area contributed by atoms with E-state index in [9.17, 15) is 0 Å². The second-order valence-corrected chi connectivity index (χ2v) is 19.2. The van der Waals surface area contributed by atoms with E-state index < -0.39 is 0 Å². The maximum atomic E-state index is 5.43. The molecule has 0 saturated carbocycles. The molecule has 4 heteroatoms. The monoisotopic (exact) mass is 946 g/mol. The Labute approximate surface area is 432 Å². The summed E-state index contributed by atoms with van der Waals surface area (Å²) in [6.07, 6.45) is 2.39. The fraction of sp³-hybridized carbons (Fsp3) is 0.0429. The minimum atomic E-state index is -0.180. The standard InChI is InChI=1S/C70H50N4/c1-47-62(70-72-68(56-28-16-6-17-29-56)71-69(73-70)57-30-18-7-19-31-57)46-63(54-36-32-52(33-37-54)48-20-8-2-9-21-48)67(66(47)55-38-34-53(35-39-55)49-22-10-3-11-23-49)74-64-44-58(50-24-12-4-13-25-50)40-42-60(64)61-43-41-59(45-65(61)74)51-26-14-5-15-27-51/h2-47,66H,1H3/t47?,66-/m1/s1. The molecule has 0 saturated heterocycles. The van der Waals surface area contributed by atoms with E-state index in [2.05, 4.69) is 248 Å². The van der Waals surface area contributed by atoms with Crippen LogP contribution in [0.4, 0.5) is 0 Å². The van der Waals surface area contributed by atoms with Gasteiger partial charge in [0.15, 0.2) is 17.5 Å². The molecule has 1 unspecified atom stereocenters. The lowest BCUT2D eigenvalue weighted by atomic mass is 9.73. The number of nitrogens with zero attached hydrogens (tertiary/aromatic N) is 4. The quantitative estimate of drug-likeness (QED) is 0.137. The number of benzene rings is 10. The van der Waals surface area contributed by atoms with Gasteiger partial charge in [-0.2, -0.15) is 0 Å². The molecule has 0 aliphatic heterocycles. The molecule has 2 aromatic heterocycles. The van der Waals surface area contributed by atoms with Gasteiger partial charge in [-0.3, -0.25) is 0 Å². The summed E-state index contributed by atoms with van der Waals surface area (Å²) < 4.78 is 2.60. The van der Waals surface area contributed by atoms with Gasteiger partial charge in [0.2, 0.25) is 0 Å². The Morgan fingerprint density at radius 1 is 0.311 bits per heavy atom. The van der Waals surface area contributed by atoms with Crippen molar-refractivity contribution in [3.63, 3.8) is 0 Å². The molecule has 74 heavy (non-hydrogen) atoms. The fourth-order valence-electron chi connectivity index (χ4n) is 11.0. The Bertz CT molecular complexity index is 3860. The second kappa shape index (κ2) is 19.2. The van der Waals surface area contributed by atoms with E-state index >= 15 is 0 Å². The molecular weight excluding hydrogens is 897 g/mol. The predicted octanol–water partition coefficient (Wildman–Crippen LogP) is 17.9. The first-order chi connectivity index (χ1) is 36.6. The molecule has 0 bridgehead atoms. The van der Waals surface area contributed by atoms with Crippen molar-refractivity contribution in [2.24, 2.45) is 5.92 Å². The van der Waals surface area contributed by atoms with Crippen molar-refractivity contribution in [1.82, 2.24) is 19.5 Å². The third-order valence-corrected chi connectivity index (χ3v) is 14.7. The highest BCUT2D eigenvalue weighted by atomic mass is 15.0. The number of hydrogen-bond donors (Lipinski definition) is 0. The minimum Gasteiger partial charge on any atom is -0.312 e. The van der Waals surface area contributed by atoms with E-state index in [0.29, 0.717) is 17.5 Å². The van der Waals surface area contributed by atoms with E-state index in [-0.39, 0.29) is 11.8 Å². The van der Waals surface area contributed by atoms with Crippen molar-refractivity contribution < 1.29 is 0 Å². The Hall–Kier alpha value is -9.51. The third-order valence-electron chi connectivity index (χ3n) is 14.7. The van der Waals surface area contributed by atoms with Gasteiger partial charge in [-0.1, -0.05) is 262 Å². The maximum Gasteiger partial charge on any atom is 0.164 e. The molecule has 4 nitrogen and oxygen atoms in total. The lowest BCUT2D eigenvalue weighted by Crippen LogP contribution is -2.23. The molecule has 2 atom stereocenters. The topological polar surface area (TPSA) is 43.6 Å². The molecule has 0 fully saturated rings. The summed E-state index contributed by atoms with van der Waals surface area (Å²) in [5.74, 6) is 1.64.